The highest BCUT2D eigenvalue weighted by Gasteiger charge is 2.41. The van der Waals surface area contributed by atoms with E-state index >= 15 is 0 Å². The van der Waals surface area contributed by atoms with Gasteiger partial charge in [-0.2, -0.15) is 13.2 Å². The number of fused-ring (bicyclic) bond motifs is 1. The molecule has 0 atom stereocenters. The maximum absolute atomic E-state index is 14.1. The van der Waals surface area contributed by atoms with Gasteiger partial charge >= 0.3 is 6.18 Å². The maximum atomic E-state index is 14.1. The van der Waals surface area contributed by atoms with Crippen LogP contribution in [-0.2, 0) is 11.0 Å². The lowest BCUT2D eigenvalue weighted by molar-refractivity contribution is -0.138. The second-order valence-electron chi connectivity index (χ2n) is 8.98. The van der Waals surface area contributed by atoms with Crippen LogP contribution < -0.4 is 16.0 Å². The van der Waals surface area contributed by atoms with E-state index in [0.717, 1.165) is 44.1 Å². The van der Waals surface area contributed by atoms with Gasteiger partial charge in [0, 0.05) is 22.3 Å². The Morgan fingerprint density at radius 1 is 1.26 bits per heavy atom. The third-order valence-corrected chi connectivity index (χ3v) is 6.96. The lowest BCUT2D eigenvalue weighted by Crippen LogP contribution is -2.43. The average Bonchev–Trinajstić information content (AvgIpc) is 3.24. The zero-order valence-electron chi connectivity index (χ0n) is 18.5. The minimum atomic E-state index is -4.87. The summed E-state index contributed by atoms with van der Waals surface area (Å²) in [7, 11) is 0. The number of carbonyl (C=O) groups is 2. The molecule has 1 aromatic carbocycles. The molecule has 4 N–H and O–H groups in total. The fourth-order valence-electron chi connectivity index (χ4n) is 4.43. The number of aromatic nitrogens is 1. The molecule has 2 aliphatic heterocycles. The van der Waals surface area contributed by atoms with Crippen molar-refractivity contribution in [3.63, 3.8) is 0 Å². The summed E-state index contributed by atoms with van der Waals surface area (Å²) in [5.74, 6) is -2.17. The van der Waals surface area contributed by atoms with Crippen molar-refractivity contribution >= 4 is 45.1 Å². The standard InChI is InChI=1S/C23H23BrF4N4O2/c1-11-17(21(34)30-10-22(2)3-5-29-6-4-22)18(23(26,27)28)16(31-11)9-14-13-7-12(25)8-15(24)19(13)32-20(14)33/h7-9,29,31H,3-6,10H2,1-2H3,(H,30,34)(H,32,33)/b14-9-. The van der Waals surface area contributed by atoms with E-state index in [-0.39, 0.29) is 39.0 Å². The SMILES string of the molecule is Cc1[nH]c(/C=C2\C(=O)Nc3c(Br)cc(F)cc32)c(C(F)(F)F)c1C(=O)NCC1(C)CCNCC1. The van der Waals surface area contributed by atoms with Crippen LogP contribution in [0.25, 0.3) is 11.6 Å². The number of nitrogens with one attached hydrogen (secondary N) is 4. The van der Waals surface area contributed by atoms with Crippen molar-refractivity contribution < 1.29 is 27.2 Å². The van der Waals surface area contributed by atoms with Crippen molar-refractivity contribution in [2.45, 2.75) is 32.9 Å². The molecule has 6 nitrogen and oxygen atoms in total. The number of piperidine rings is 1. The van der Waals surface area contributed by atoms with Gasteiger partial charge in [0.25, 0.3) is 11.8 Å². The van der Waals surface area contributed by atoms with Crippen molar-refractivity contribution in [2.75, 3.05) is 25.0 Å². The van der Waals surface area contributed by atoms with E-state index in [2.05, 4.69) is 36.9 Å². The monoisotopic (exact) mass is 542 g/mol. The quantitative estimate of drug-likeness (QED) is 0.329. The van der Waals surface area contributed by atoms with Crippen molar-refractivity contribution in [1.82, 2.24) is 15.6 Å². The van der Waals surface area contributed by atoms with E-state index in [0.29, 0.717) is 0 Å². The second-order valence-corrected chi connectivity index (χ2v) is 9.83. The Morgan fingerprint density at radius 2 is 1.94 bits per heavy atom. The van der Waals surface area contributed by atoms with Gasteiger partial charge in [-0.1, -0.05) is 6.92 Å². The molecule has 4 rings (SSSR count). The summed E-state index contributed by atoms with van der Waals surface area (Å²) in [6.07, 6.45) is -2.27. The van der Waals surface area contributed by atoms with Gasteiger partial charge in [-0.25, -0.2) is 4.39 Å². The third kappa shape index (κ3) is 4.63. The molecule has 0 aliphatic carbocycles. The lowest BCUT2D eigenvalue weighted by Gasteiger charge is -2.34. The summed E-state index contributed by atoms with van der Waals surface area (Å²) in [6.45, 7) is 5.17. The van der Waals surface area contributed by atoms with Gasteiger partial charge in [0.15, 0.2) is 0 Å². The van der Waals surface area contributed by atoms with Crippen LogP contribution in [0.5, 0.6) is 0 Å². The molecular formula is C23H23BrF4N4O2. The van der Waals surface area contributed by atoms with Crippen LogP contribution in [0.1, 0.15) is 52.6 Å². The predicted molar refractivity (Wildman–Crippen MR) is 124 cm³/mol. The largest absolute Gasteiger partial charge is 0.419 e. The van der Waals surface area contributed by atoms with Gasteiger partial charge in [-0.15, -0.1) is 0 Å². The van der Waals surface area contributed by atoms with Crippen LogP contribution in [0.15, 0.2) is 16.6 Å². The van der Waals surface area contributed by atoms with Crippen molar-refractivity contribution in [3.05, 3.63) is 50.5 Å². The number of anilines is 1. The second kappa shape index (κ2) is 8.84. The van der Waals surface area contributed by atoms with E-state index < -0.39 is 40.6 Å². The number of rotatable bonds is 4. The van der Waals surface area contributed by atoms with Gasteiger partial charge in [-0.3, -0.25) is 9.59 Å². The average molecular weight is 543 g/mol. The Labute approximate surface area is 201 Å². The molecule has 1 saturated heterocycles. The molecular weight excluding hydrogens is 520 g/mol. The molecule has 0 radical (unpaired) electrons. The highest BCUT2D eigenvalue weighted by atomic mass is 79.9. The van der Waals surface area contributed by atoms with Crippen LogP contribution in [0.2, 0.25) is 0 Å². The normalized spacial score (nSPS) is 18.7. The number of H-pyrrole nitrogens is 1. The van der Waals surface area contributed by atoms with E-state index in [1.807, 2.05) is 6.92 Å². The van der Waals surface area contributed by atoms with E-state index in [4.69, 9.17) is 0 Å². The van der Waals surface area contributed by atoms with E-state index in [1.165, 1.54) is 6.92 Å². The fourth-order valence-corrected chi connectivity index (χ4v) is 4.96. The summed E-state index contributed by atoms with van der Waals surface area (Å²) in [5, 5.41) is 8.41. The summed E-state index contributed by atoms with van der Waals surface area (Å²) in [4.78, 5) is 28.0. The molecule has 2 amide bonds. The van der Waals surface area contributed by atoms with Crippen molar-refractivity contribution in [2.24, 2.45) is 5.41 Å². The molecule has 34 heavy (non-hydrogen) atoms. The van der Waals surface area contributed by atoms with Crippen LogP contribution in [-0.4, -0.2) is 36.4 Å². The predicted octanol–water partition coefficient (Wildman–Crippen LogP) is 4.86. The summed E-state index contributed by atoms with van der Waals surface area (Å²) in [6, 6.07) is 2.22. The number of halogens is 5. The van der Waals surface area contributed by atoms with Crippen molar-refractivity contribution in [3.8, 4) is 0 Å². The number of hydrogen-bond donors (Lipinski definition) is 4. The van der Waals surface area contributed by atoms with Gasteiger partial charge < -0.3 is 20.9 Å². The van der Waals surface area contributed by atoms with Gasteiger partial charge in [-0.05, 0) is 72.4 Å². The molecule has 11 heteroatoms. The molecule has 0 unspecified atom stereocenters. The highest BCUT2D eigenvalue weighted by molar-refractivity contribution is 9.10. The Bertz CT molecular complexity index is 1200. The minimum absolute atomic E-state index is 0.0196. The first-order valence-electron chi connectivity index (χ1n) is 10.7. The highest BCUT2D eigenvalue weighted by Crippen LogP contribution is 2.42. The number of carbonyl (C=O) groups excluding carboxylic acids is 2. The fraction of sp³-hybridized carbons (Fsp3) is 0.391. The minimum Gasteiger partial charge on any atom is -0.358 e. The van der Waals surface area contributed by atoms with Crippen LogP contribution in [0, 0.1) is 18.2 Å². The van der Waals surface area contributed by atoms with Crippen LogP contribution in [0.4, 0.5) is 23.2 Å². The zero-order valence-corrected chi connectivity index (χ0v) is 20.1. The van der Waals surface area contributed by atoms with E-state index in [9.17, 15) is 27.2 Å². The number of aromatic amines is 1. The third-order valence-electron chi connectivity index (χ3n) is 6.33. The molecule has 2 aliphatic rings. The van der Waals surface area contributed by atoms with Gasteiger partial charge in [0.1, 0.15) is 5.82 Å². The lowest BCUT2D eigenvalue weighted by atomic mass is 9.81. The molecule has 1 fully saturated rings. The molecule has 3 heterocycles. The summed E-state index contributed by atoms with van der Waals surface area (Å²) >= 11 is 3.15. The maximum Gasteiger partial charge on any atom is 0.419 e. The topological polar surface area (TPSA) is 86.0 Å². The van der Waals surface area contributed by atoms with E-state index in [1.54, 1.807) is 0 Å². The Kier molecular flexibility index (Phi) is 6.36. The number of hydrogen-bond acceptors (Lipinski definition) is 3. The summed E-state index contributed by atoms with van der Waals surface area (Å²) in [5.41, 5.74) is -2.07. The first kappa shape index (κ1) is 24.5. The first-order valence-corrected chi connectivity index (χ1v) is 11.5. The number of alkyl halides is 3. The number of aryl methyl sites for hydroxylation is 1. The molecule has 2 aromatic rings. The molecule has 0 saturated carbocycles. The first-order chi connectivity index (χ1) is 15.9. The Balaban J connectivity index is 1.73. The zero-order chi connectivity index (χ0) is 24.8. The molecule has 0 spiro atoms. The van der Waals surface area contributed by atoms with Gasteiger partial charge in [0.05, 0.1) is 28.1 Å². The molecule has 1 aromatic heterocycles. The number of amides is 2. The Hall–Kier alpha value is -2.66. The van der Waals surface area contributed by atoms with Crippen LogP contribution >= 0.6 is 15.9 Å². The Morgan fingerprint density at radius 3 is 2.59 bits per heavy atom. The smallest absolute Gasteiger partial charge is 0.358 e. The number of benzene rings is 1. The van der Waals surface area contributed by atoms with Gasteiger partial charge in [0.2, 0.25) is 0 Å². The summed E-state index contributed by atoms with van der Waals surface area (Å²) < 4.78 is 56.6. The molecule has 182 valence electrons. The van der Waals surface area contributed by atoms with Crippen molar-refractivity contribution in [1.29, 1.82) is 0 Å². The van der Waals surface area contributed by atoms with Crippen LogP contribution in [0.3, 0.4) is 0 Å². The molecule has 0 bridgehead atoms.